The molecule has 2 amide bonds. The van der Waals surface area contributed by atoms with Gasteiger partial charge in [0.2, 0.25) is 0 Å². The predicted molar refractivity (Wildman–Crippen MR) is 89.7 cm³/mol. The lowest BCUT2D eigenvalue weighted by Gasteiger charge is -2.04. The van der Waals surface area contributed by atoms with Crippen molar-refractivity contribution in [1.82, 2.24) is 5.43 Å². The van der Waals surface area contributed by atoms with E-state index in [1.54, 1.807) is 12.1 Å². The summed E-state index contributed by atoms with van der Waals surface area (Å²) in [7, 11) is 0. The van der Waals surface area contributed by atoms with Crippen molar-refractivity contribution in [1.29, 1.82) is 0 Å². The number of carbonyl (C=O) groups is 2. The second-order valence-corrected chi connectivity index (χ2v) is 5.49. The molecule has 112 valence electrons. The molecule has 5 nitrogen and oxygen atoms in total. The van der Waals surface area contributed by atoms with Crippen LogP contribution in [0.3, 0.4) is 0 Å². The van der Waals surface area contributed by atoms with Gasteiger partial charge in [0.1, 0.15) is 0 Å². The zero-order valence-corrected chi connectivity index (χ0v) is 13.4. The first-order chi connectivity index (χ1) is 10.5. The van der Waals surface area contributed by atoms with Crippen molar-refractivity contribution in [3.05, 3.63) is 64.1 Å². The molecular weight excluding hydrogens is 346 g/mol. The maximum absolute atomic E-state index is 11.7. The standard InChI is InChI=1S/C16H14BrN3O2/c1-11-5-7-14(8-6-11)19-15(21)16(22)20-18-10-12-3-2-4-13(17)9-12/h2-10H,1H3,(H,19,21)(H,20,22)/b18-10-. The molecule has 0 atom stereocenters. The van der Waals surface area contributed by atoms with Crippen LogP contribution in [0.25, 0.3) is 0 Å². The molecule has 0 radical (unpaired) electrons. The highest BCUT2D eigenvalue weighted by atomic mass is 79.9. The van der Waals surface area contributed by atoms with E-state index in [0.717, 1.165) is 15.6 Å². The van der Waals surface area contributed by atoms with Crippen molar-refractivity contribution in [3.8, 4) is 0 Å². The molecule has 0 heterocycles. The number of nitrogens with one attached hydrogen (secondary N) is 2. The van der Waals surface area contributed by atoms with Crippen LogP contribution in [0.15, 0.2) is 58.1 Å². The Hall–Kier alpha value is -2.47. The van der Waals surface area contributed by atoms with Crippen molar-refractivity contribution in [2.45, 2.75) is 6.92 Å². The quantitative estimate of drug-likeness (QED) is 0.502. The summed E-state index contributed by atoms with van der Waals surface area (Å²) in [5.74, 6) is -1.60. The van der Waals surface area contributed by atoms with Crippen molar-refractivity contribution < 1.29 is 9.59 Å². The topological polar surface area (TPSA) is 70.6 Å². The Morgan fingerprint density at radius 1 is 1.09 bits per heavy atom. The first-order valence-electron chi connectivity index (χ1n) is 6.51. The van der Waals surface area contributed by atoms with Gasteiger partial charge in [-0.1, -0.05) is 45.8 Å². The van der Waals surface area contributed by atoms with E-state index < -0.39 is 11.8 Å². The fourth-order valence-electron chi connectivity index (χ4n) is 1.63. The van der Waals surface area contributed by atoms with E-state index in [1.807, 2.05) is 43.3 Å². The van der Waals surface area contributed by atoms with Crippen LogP contribution in [0.1, 0.15) is 11.1 Å². The fourth-order valence-corrected chi connectivity index (χ4v) is 2.04. The Labute approximate surface area is 136 Å². The smallest absolute Gasteiger partial charge is 0.318 e. The molecule has 2 N–H and O–H groups in total. The van der Waals surface area contributed by atoms with Gasteiger partial charge in [0.25, 0.3) is 0 Å². The largest absolute Gasteiger partial charge is 0.329 e. The van der Waals surface area contributed by atoms with Crippen LogP contribution >= 0.6 is 15.9 Å². The highest BCUT2D eigenvalue weighted by molar-refractivity contribution is 9.10. The molecule has 0 aliphatic carbocycles. The van der Waals surface area contributed by atoms with Crippen LogP contribution < -0.4 is 10.7 Å². The van der Waals surface area contributed by atoms with Crippen LogP contribution in [0.4, 0.5) is 5.69 Å². The third-order valence-corrected chi connectivity index (χ3v) is 3.24. The second kappa shape index (κ2) is 7.51. The van der Waals surface area contributed by atoms with E-state index >= 15 is 0 Å². The third-order valence-electron chi connectivity index (χ3n) is 2.74. The summed E-state index contributed by atoms with van der Waals surface area (Å²) in [6, 6.07) is 14.5. The highest BCUT2D eigenvalue weighted by Crippen LogP contribution is 2.10. The molecule has 0 unspecified atom stereocenters. The minimum absolute atomic E-state index is 0.557. The number of halogens is 1. The van der Waals surface area contributed by atoms with Crippen molar-refractivity contribution in [3.63, 3.8) is 0 Å². The van der Waals surface area contributed by atoms with Crippen LogP contribution in [0.5, 0.6) is 0 Å². The number of anilines is 1. The van der Waals surface area contributed by atoms with Gasteiger partial charge < -0.3 is 5.32 Å². The Morgan fingerprint density at radius 2 is 1.82 bits per heavy atom. The molecule has 0 aromatic heterocycles. The average molecular weight is 360 g/mol. The van der Waals surface area contributed by atoms with Crippen molar-refractivity contribution >= 4 is 39.6 Å². The number of benzene rings is 2. The zero-order valence-electron chi connectivity index (χ0n) is 11.8. The Bertz CT molecular complexity index is 712. The van der Waals surface area contributed by atoms with E-state index in [1.165, 1.54) is 6.21 Å². The van der Waals surface area contributed by atoms with Gasteiger partial charge in [-0.15, -0.1) is 0 Å². The van der Waals surface area contributed by atoms with Gasteiger partial charge in [0, 0.05) is 10.2 Å². The second-order valence-electron chi connectivity index (χ2n) is 4.57. The molecule has 2 rings (SSSR count). The maximum Gasteiger partial charge on any atom is 0.329 e. The lowest BCUT2D eigenvalue weighted by molar-refractivity contribution is -0.136. The van der Waals surface area contributed by atoms with Gasteiger partial charge in [0.05, 0.1) is 6.21 Å². The van der Waals surface area contributed by atoms with E-state index in [9.17, 15) is 9.59 Å². The number of nitrogens with zero attached hydrogens (tertiary/aromatic N) is 1. The van der Waals surface area contributed by atoms with Crippen molar-refractivity contribution in [2.24, 2.45) is 5.10 Å². The van der Waals surface area contributed by atoms with Crippen LogP contribution in [0, 0.1) is 6.92 Å². The minimum Gasteiger partial charge on any atom is -0.318 e. The first kappa shape index (κ1) is 15.9. The van der Waals surface area contributed by atoms with Crippen molar-refractivity contribution in [2.75, 3.05) is 5.32 Å². The molecule has 0 fully saturated rings. The third kappa shape index (κ3) is 4.82. The molecule has 0 saturated heterocycles. The molecule has 0 bridgehead atoms. The SMILES string of the molecule is Cc1ccc(NC(=O)C(=O)N/N=C\c2cccc(Br)c2)cc1. The number of aryl methyl sites for hydroxylation is 1. The fraction of sp³-hybridized carbons (Fsp3) is 0.0625. The number of rotatable bonds is 3. The summed E-state index contributed by atoms with van der Waals surface area (Å²) in [4.78, 5) is 23.3. The molecule has 0 saturated carbocycles. The number of hydrogen-bond acceptors (Lipinski definition) is 3. The molecule has 2 aromatic rings. The number of hydrogen-bond donors (Lipinski definition) is 2. The molecule has 6 heteroatoms. The minimum atomic E-state index is -0.827. The average Bonchev–Trinajstić information content (AvgIpc) is 2.49. The van der Waals surface area contributed by atoms with E-state index in [0.29, 0.717) is 5.69 Å². The van der Waals surface area contributed by atoms with Crippen LogP contribution in [-0.2, 0) is 9.59 Å². The lowest BCUT2D eigenvalue weighted by atomic mass is 10.2. The first-order valence-corrected chi connectivity index (χ1v) is 7.30. The monoisotopic (exact) mass is 359 g/mol. The van der Waals surface area contributed by atoms with E-state index in [2.05, 4.69) is 31.8 Å². The van der Waals surface area contributed by atoms with Gasteiger partial charge in [-0.2, -0.15) is 5.10 Å². The lowest BCUT2D eigenvalue weighted by Crippen LogP contribution is -2.32. The van der Waals surface area contributed by atoms with Gasteiger partial charge in [0.15, 0.2) is 0 Å². The highest BCUT2D eigenvalue weighted by Gasteiger charge is 2.12. The predicted octanol–water partition coefficient (Wildman–Crippen LogP) is 2.85. The normalized spacial score (nSPS) is 10.5. The molecule has 2 aromatic carbocycles. The molecule has 0 aliphatic rings. The maximum atomic E-state index is 11.7. The van der Waals surface area contributed by atoms with Crippen LogP contribution in [-0.4, -0.2) is 18.0 Å². The number of amides is 2. The molecule has 0 spiro atoms. The number of hydrazone groups is 1. The summed E-state index contributed by atoms with van der Waals surface area (Å²) < 4.78 is 0.903. The Morgan fingerprint density at radius 3 is 2.50 bits per heavy atom. The van der Waals surface area contributed by atoms with Gasteiger partial charge in [-0.25, -0.2) is 5.43 Å². The summed E-state index contributed by atoms with van der Waals surface area (Å²) in [5, 5.41) is 6.25. The Balaban J connectivity index is 1.89. The molecular formula is C16H14BrN3O2. The molecule has 0 aliphatic heterocycles. The van der Waals surface area contributed by atoms with Crippen LogP contribution in [0.2, 0.25) is 0 Å². The van der Waals surface area contributed by atoms with Gasteiger partial charge in [-0.05, 0) is 36.8 Å². The zero-order chi connectivity index (χ0) is 15.9. The summed E-state index contributed by atoms with van der Waals surface area (Å²) in [5.41, 5.74) is 4.61. The van der Waals surface area contributed by atoms with Gasteiger partial charge >= 0.3 is 11.8 Å². The Kier molecular flexibility index (Phi) is 5.43. The summed E-state index contributed by atoms with van der Waals surface area (Å²) in [6.07, 6.45) is 1.46. The van der Waals surface area contributed by atoms with E-state index in [-0.39, 0.29) is 0 Å². The molecule has 22 heavy (non-hydrogen) atoms. The summed E-state index contributed by atoms with van der Waals surface area (Å²) in [6.45, 7) is 1.94. The van der Waals surface area contributed by atoms with E-state index in [4.69, 9.17) is 0 Å². The van der Waals surface area contributed by atoms with Gasteiger partial charge in [-0.3, -0.25) is 9.59 Å². The number of carbonyl (C=O) groups excluding carboxylic acids is 2. The summed E-state index contributed by atoms with van der Waals surface area (Å²) >= 11 is 3.34.